The number of benzene rings is 2. The predicted molar refractivity (Wildman–Crippen MR) is 102 cm³/mol. The Morgan fingerprint density at radius 3 is 2.69 bits per heavy atom. The average Bonchev–Trinajstić information content (AvgIpc) is 2.62. The number of aryl methyl sites for hydroxylation is 1. The third-order valence-corrected chi connectivity index (χ3v) is 4.48. The van der Waals surface area contributed by atoms with Crippen molar-refractivity contribution in [1.82, 2.24) is 14.9 Å². The van der Waals surface area contributed by atoms with Gasteiger partial charge in [0.2, 0.25) is 0 Å². The summed E-state index contributed by atoms with van der Waals surface area (Å²) < 4.78 is 1.38. The number of nitrogens with zero attached hydrogens (tertiary/aromatic N) is 1. The maximum Gasteiger partial charge on any atom is 0.316 e. The summed E-state index contributed by atoms with van der Waals surface area (Å²) in [6.07, 6.45) is 0. The minimum Gasteiger partial charge on any atom is -0.346 e. The second kappa shape index (κ2) is 7.17. The van der Waals surface area contributed by atoms with Gasteiger partial charge in [-0.05, 0) is 49.7 Å². The van der Waals surface area contributed by atoms with E-state index in [0.29, 0.717) is 28.2 Å². The highest BCUT2D eigenvalue weighted by atomic mass is 35.5. The van der Waals surface area contributed by atoms with Gasteiger partial charge in [0.25, 0.3) is 5.91 Å². The van der Waals surface area contributed by atoms with E-state index in [0.717, 1.165) is 5.56 Å². The number of carbonyl (C=O) groups excluding carboxylic acids is 1. The second-order valence-corrected chi connectivity index (χ2v) is 6.42. The van der Waals surface area contributed by atoms with Gasteiger partial charge in [-0.25, -0.2) is 0 Å². The molecule has 1 aromatic heterocycles. The summed E-state index contributed by atoms with van der Waals surface area (Å²) in [6, 6.07) is 11.9. The molecular weight excluding hydrogens is 354 g/mol. The van der Waals surface area contributed by atoms with Crippen molar-refractivity contribution in [2.24, 2.45) is 0 Å². The largest absolute Gasteiger partial charge is 0.346 e. The minimum absolute atomic E-state index is 0.236. The molecule has 0 aliphatic carbocycles. The van der Waals surface area contributed by atoms with Gasteiger partial charge >= 0.3 is 11.1 Å². The molecule has 26 heavy (non-hydrogen) atoms. The van der Waals surface area contributed by atoms with Crippen molar-refractivity contribution in [3.63, 3.8) is 0 Å². The maximum atomic E-state index is 12.6. The van der Waals surface area contributed by atoms with Gasteiger partial charge in [0, 0.05) is 17.1 Å². The molecule has 0 fully saturated rings. The smallest absolute Gasteiger partial charge is 0.316 e. The van der Waals surface area contributed by atoms with Crippen LogP contribution < -0.4 is 16.4 Å². The van der Waals surface area contributed by atoms with E-state index in [1.165, 1.54) is 4.57 Å². The lowest BCUT2D eigenvalue weighted by Gasteiger charge is -2.15. The maximum absolute atomic E-state index is 12.6. The zero-order chi connectivity index (χ0) is 18.8. The summed E-state index contributed by atoms with van der Waals surface area (Å²) in [5, 5.41) is 3.50. The molecule has 6 nitrogen and oxygen atoms in total. The Bertz CT molecular complexity index is 1100. The molecular formula is C19H18ClN3O3. The van der Waals surface area contributed by atoms with E-state index in [1.54, 1.807) is 37.3 Å². The summed E-state index contributed by atoms with van der Waals surface area (Å²) in [4.78, 5) is 38.8. The van der Waals surface area contributed by atoms with Crippen LogP contribution in [0.4, 0.5) is 0 Å². The van der Waals surface area contributed by atoms with Gasteiger partial charge in [0.15, 0.2) is 0 Å². The van der Waals surface area contributed by atoms with Gasteiger partial charge < -0.3 is 14.9 Å². The van der Waals surface area contributed by atoms with Crippen LogP contribution in [0.3, 0.4) is 0 Å². The fourth-order valence-electron chi connectivity index (χ4n) is 2.87. The fraction of sp³-hybridized carbons (Fsp3) is 0.211. The molecule has 3 aromatic rings. The Morgan fingerprint density at radius 1 is 1.23 bits per heavy atom. The lowest BCUT2D eigenvalue weighted by atomic mass is 10.1. The van der Waals surface area contributed by atoms with Crippen molar-refractivity contribution in [1.29, 1.82) is 0 Å². The third kappa shape index (κ3) is 3.41. The highest BCUT2D eigenvalue weighted by Gasteiger charge is 2.14. The van der Waals surface area contributed by atoms with E-state index in [-0.39, 0.29) is 11.9 Å². The Kier molecular flexibility index (Phi) is 4.95. The number of fused-ring (bicyclic) bond motifs is 1. The van der Waals surface area contributed by atoms with Crippen molar-refractivity contribution in [2.75, 3.05) is 0 Å². The van der Waals surface area contributed by atoms with Crippen molar-refractivity contribution in [2.45, 2.75) is 26.4 Å². The van der Waals surface area contributed by atoms with Crippen LogP contribution in [0.15, 0.2) is 52.1 Å². The van der Waals surface area contributed by atoms with Crippen LogP contribution in [0, 0.1) is 0 Å². The minimum atomic E-state index is -0.704. The molecule has 134 valence electrons. The number of H-pyrrole nitrogens is 1. The second-order valence-electron chi connectivity index (χ2n) is 5.99. The Balaban J connectivity index is 1.93. The standard InChI is InChI=1S/C19H18ClN3O3/c1-3-23-16-8-7-13(10-15(16)22-18(25)19(23)26)17(24)21-11(2)12-5-4-6-14(20)9-12/h4-11H,3H2,1-2H3,(H,21,24)(H,22,25). The first-order chi connectivity index (χ1) is 12.4. The van der Waals surface area contributed by atoms with Crippen LogP contribution in [0.25, 0.3) is 11.0 Å². The normalized spacial score (nSPS) is 12.1. The van der Waals surface area contributed by atoms with Gasteiger partial charge in [-0.1, -0.05) is 23.7 Å². The molecule has 0 aliphatic rings. The van der Waals surface area contributed by atoms with E-state index in [4.69, 9.17) is 11.6 Å². The molecule has 0 aliphatic heterocycles. The van der Waals surface area contributed by atoms with Gasteiger partial charge in [0.05, 0.1) is 17.1 Å². The summed E-state index contributed by atoms with van der Waals surface area (Å²) in [5.74, 6) is -0.283. The lowest BCUT2D eigenvalue weighted by molar-refractivity contribution is 0.0940. The molecule has 0 radical (unpaired) electrons. The van der Waals surface area contributed by atoms with Gasteiger partial charge in [-0.2, -0.15) is 0 Å². The summed E-state index contributed by atoms with van der Waals surface area (Å²) >= 11 is 5.99. The summed E-state index contributed by atoms with van der Waals surface area (Å²) in [7, 11) is 0. The molecule has 0 bridgehead atoms. The SMILES string of the molecule is CCn1c(=O)c(=O)[nH]c2cc(C(=O)NC(C)c3cccc(Cl)c3)ccc21. The first kappa shape index (κ1) is 17.9. The molecule has 0 saturated heterocycles. The molecule has 0 saturated carbocycles. The first-order valence-electron chi connectivity index (χ1n) is 8.24. The number of aromatic amines is 1. The number of amides is 1. The fourth-order valence-corrected chi connectivity index (χ4v) is 3.07. The van der Waals surface area contributed by atoms with Crippen molar-refractivity contribution in [3.8, 4) is 0 Å². The number of carbonyl (C=O) groups is 1. The number of rotatable bonds is 4. The topological polar surface area (TPSA) is 84.0 Å². The molecule has 1 heterocycles. The van der Waals surface area contributed by atoms with Crippen LogP contribution >= 0.6 is 11.6 Å². The molecule has 1 atom stereocenters. The first-order valence-corrected chi connectivity index (χ1v) is 8.61. The Labute approximate surface area is 154 Å². The van der Waals surface area contributed by atoms with Gasteiger partial charge in [0.1, 0.15) is 0 Å². The Hall–Kier alpha value is -2.86. The van der Waals surface area contributed by atoms with Crippen molar-refractivity contribution in [3.05, 3.63) is 79.3 Å². The monoisotopic (exact) mass is 371 g/mol. The third-order valence-electron chi connectivity index (χ3n) is 4.25. The van der Waals surface area contributed by atoms with Gasteiger partial charge in [-0.3, -0.25) is 14.4 Å². The van der Waals surface area contributed by atoms with E-state index >= 15 is 0 Å². The summed E-state index contributed by atoms with van der Waals surface area (Å²) in [6.45, 7) is 4.02. The molecule has 7 heteroatoms. The van der Waals surface area contributed by atoms with Crippen molar-refractivity contribution < 1.29 is 4.79 Å². The average molecular weight is 372 g/mol. The van der Waals surface area contributed by atoms with Crippen LogP contribution in [-0.2, 0) is 6.54 Å². The van der Waals surface area contributed by atoms with Crippen LogP contribution in [0.2, 0.25) is 5.02 Å². The number of aromatic nitrogens is 2. The number of halogens is 1. The van der Waals surface area contributed by atoms with E-state index in [2.05, 4.69) is 10.3 Å². The highest BCUT2D eigenvalue weighted by molar-refractivity contribution is 6.30. The Morgan fingerprint density at radius 2 is 2.00 bits per heavy atom. The molecule has 1 unspecified atom stereocenters. The van der Waals surface area contributed by atoms with Gasteiger partial charge in [-0.15, -0.1) is 0 Å². The zero-order valence-electron chi connectivity index (χ0n) is 14.4. The van der Waals surface area contributed by atoms with E-state index in [9.17, 15) is 14.4 Å². The lowest BCUT2D eigenvalue weighted by Crippen LogP contribution is -2.36. The van der Waals surface area contributed by atoms with Crippen molar-refractivity contribution >= 4 is 28.5 Å². The van der Waals surface area contributed by atoms with Crippen LogP contribution in [0.1, 0.15) is 35.8 Å². The molecule has 1 amide bonds. The van der Waals surface area contributed by atoms with Crippen LogP contribution in [-0.4, -0.2) is 15.5 Å². The quantitative estimate of drug-likeness (QED) is 0.692. The molecule has 0 spiro atoms. The number of hydrogen-bond acceptors (Lipinski definition) is 3. The number of hydrogen-bond donors (Lipinski definition) is 2. The van der Waals surface area contributed by atoms with E-state index < -0.39 is 11.1 Å². The highest BCUT2D eigenvalue weighted by Crippen LogP contribution is 2.18. The van der Waals surface area contributed by atoms with Crippen LogP contribution in [0.5, 0.6) is 0 Å². The van der Waals surface area contributed by atoms with E-state index in [1.807, 2.05) is 19.1 Å². The number of nitrogens with one attached hydrogen (secondary N) is 2. The molecule has 2 aromatic carbocycles. The summed E-state index contributed by atoms with van der Waals surface area (Å²) in [5.41, 5.74) is 0.996. The molecule has 3 rings (SSSR count). The molecule has 2 N–H and O–H groups in total. The predicted octanol–water partition coefficient (Wildman–Crippen LogP) is 2.85. The zero-order valence-corrected chi connectivity index (χ0v) is 15.1.